The molecular weight excluding hydrogens is 304 g/mol. The Labute approximate surface area is 141 Å². The highest BCUT2D eigenvalue weighted by molar-refractivity contribution is 5.95. The second-order valence-electron chi connectivity index (χ2n) is 6.09. The molecule has 0 saturated carbocycles. The minimum Gasteiger partial charge on any atom is -0.465 e. The van der Waals surface area contributed by atoms with Crippen LogP contribution < -0.4 is 0 Å². The Morgan fingerprint density at radius 1 is 1.17 bits per heavy atom. The number of hydrogen-bond acceptors (Lipinski definition) is 4. The number of carbonyl (C=O) groups is 2. The zero-order valence-electron chi connectivity index (χ0n) is 14.1. The molecule has 1 aromatic carbocycles. The normalized spacial score (nSPS) is 13.4. The van der Waals surface area contributed by atoms with Gasteiger partial charge in [-0.05, 0) is 54.7 Å². The third kappa shape index (κ3) is 2.89. The average Bonchev–Trinajstić information content (AvgIpc) is 2.61. The Morgan fingerprint density at radius 3 is 2.67 bits per heavy atom. The van der Waals surface area contributed by atoms with Gasteiger partial charge in [0.15, 0.2) is 0 Å². The molecule has 0 radical (unpaired) electrons. The molecule has 0 fully saturated rings. The molecule has 0 N–H and O–H groups in total. The molecule has 2 aromatic rings. The minimum atomic E-state index is -0.381. The van der Waals surface area contributed by atoms with E-state index in [9.17, 15) is 9.59 Å². The van der Waals surface area contributed by atoms with Crippen LogP contribution in [0.5, 0.6) is 0 Å². The van der Waals surface area contributed by atoms with Gasteiger partial charge in [0, 0.05) is 31.0 Å². The monoisotopic (exact) mass is 324 g/mol. The van der Waals surface area contributed by atoms with Crippen LogP contribution >= 0.6 is 0 Å². The van der Waals surface area contributed by atoms with Crippen molar-refractivity contribution in [1.29, 1.82) is 0 Å². The highest BCUT2D eigenvalue weighted by Gasteiger charge is 2.25. The number of methoxy groups -OCH3 is 1. The van der Waals surface area contributed by atoms with Gasteiger partial charge in [-0.15, -0.1) is 0 Å². The van der Waals surface area contributed by atoms with E-state index >= 15 is 0 Å². The van der Waals surface area contributed by atoms with E-state index in [0.29, 0.717) is 30.6 Å². The summed E-state index contributed by atoms with van der Waals surface area (Å²) in [7, 11) is 1.36. The van der Waals surface area contributed by atoms with E-state index in [-0.39, 0.29) is 11.9 Å². The molecular formula is C19H20N2O3. The first-order valence-corrected chi connectivity index (χ1v) is 7.92. The number of aryl methyl sites for hydroxylation is 2. The Morgan fingerprint density at radius 2 is 1.96 bits per heavy atom. The van der Waals surface area contributed by atoms with Crippen LogP contribution in [-0.4, -0.2) is 35.4 Å². The van der Waals surface area contributed by atoms with Crippen molar-refractivity contribution in [3.05, 3.63) is 64.0 Å². The number of esters is 1. The van der Waals surface area contributed by atoms with Gasteiger partial charge in [-0.2, -0.15) is 0 Å². The molecule has 0 bridgehead atoms. The molecule has 2 heterocycles. The van der Waals surface area contributed by atoms with Crippen LogP contribution in [0.2, 0.25) is 0 Å². The van der Waals surface area contributed by atoms with Crippen molar-refractivity contribution >= 4 is 11.9 Å². The molecule has 1 aromatic heterocycles. The van der Waals surface area contributed by atoms with Crippen molar-refractivity contribution in [3.63, 3.8) is 0 Å². The number of aromatic nitrogens is 1. The van der Waals surface area contributed by atoms with Crippen molar-refractivity contribution in [2.45, 2.75) is 26.8 Å². The fraction of sp³-hybridized carbons (Fsp3) is 0.316. The molecule has 0 aliphatic carbocycles. The number of amides is 1. The van der Waals surface area contributed by atoms with E-state index in [1.807, 2.05) is 32.0 Å². The number of rotatable bonds is 2. The van der Waals surface area contributed by atoms with Crippen LogP contribution in [0, 0.1) is 13.8 Å². The second-order valence-corrected chi connectivity index (χ2v) is 6.09. The Balaban J connectivity index is 1.86. The maximum atomic E-state index is 12.8. The molecule has 124 valence electrons. The van der Waals surface area contributed by atoms with Gasteiger partial charge in [-0.25, -0.2) is 4.79 Å². The summed E-state index contributed by atoms with van der Waals surface area (Å²) in [6, 6.07) is 5.76. The first kappa shape index (κ1) is 16.2. The summed E-state index contributed by atoms with van der Waals surface area (Å²) in [5, 5.41) is 0. The molecule has 5 nitrogen and oxygen atoms in total. The summed E-state index contributed by atoms with van der Waals surface area (Å²) in [6.45, 7) is 5.07. The maximum Gasteiger partial charge on any atom is 0.339 e. The van der Waals surface area contributed by atoms with Gasteiger partial charge in [0.2, 0.25) is 0 Å². The maximum absolute atomic E-state index is 12.8. The van der Waals surface area contributed by atoms with Gasteiger partial charge in [0.05, 0.1) is 12.7 Å². The largest absolute Gasteiger partial charge is 0.465 e. The van der Waals surface area contributed by atoms with Gasteiger partial charge in [0.1, 0.15) is 0 Å². The summed E-state index contributed by atoms with van der Waals surface area (Å²) >= 11 is 0. The average molecular weight is 324 g/mol. The van der Waals surface area contributed by atoms with Crippen LogP contribution in [0.1, 0.15) is 43.0 Å². The van der Waals surface area contributed by atoms with Crippen LogP contribution in [0.4, 0.5) is 0 Å². The van der Waals surface area contributed by atoms with E-state index in [1.54, 1.807) is 11.1 Å². The predicted molar refractivity (Wildman–Crippen MR) is 89.9 cm³/mol. The van der Waals surface area contributed by atoms with Crippen molar-refractivity contribution in [3.8, 4) is 0 Å². The summed E-state index contributed by atoms with van der Waals surface area (Å²) < 4.78 is 4.81. The molecule has 24 heavy (non-hydrogen) atoms. The second kappa shape index (κ2) is 6.43. The van der Waals surface area contributed by atoms with Crippen molar-refractivity contribution < 1.29 is 14.3 Å². The molecule has 0 spiro atoms. The molecule has 1 aliphatic rings. The van der Waals surface area contributed by atoms with Crippen LogP contribution in [0.15, 0.2) is 30.6 Å². The lowest BCUT2D eigenvalue weighted by molar-refractivity contribution is 0.0598. The highest BCUT2D eigenvalue weighted by Crippen LogP contribution is 2.24. The lowest BCUT2D eigenvalue weighted by Crippen LogP contribution is -2.36. The third-order valence-electron chi connectivity index (χ3n) is 4.59. The van der Waals surface area contributed by atoms with E-state index in [0.717, 1.165) is 16.7 Å². The quantitative estimate of drug-likeness (QED) is 0.797. The number of hydrogen-bond donors (Lipinski definition) is 0. The molecule has 0 saturated heterocycles. The van der Waals surface area contributed by atoms with E-state index in [1.165, 1.54) is 18.9 Å². The number of ether oxygens (including phenoxy) is 1. The summed E-state index contributed by atoms with van der Waals surface area (Å²) in [6.07, 6.45) is 3.88. The summed E-state index contributed by atoms with van der Waals surface area (Å²) in [4.78, 5) is 30.5. The zero-order valence-corrected chi connectivity index (χ0v) is 14.1. The minimum absolute atomic E-state index is 0.00669. The number of fused-ring (bicyclic) bond motifs is 1. The molecule has 3 rings (SSSR count). The number of benzene rings is 1. The number of nitrogens with zero attached hydrogens (tertiary/aromatic N) is 2. The van der Waals surface area contributed by atoms with Crippen LogP contribution in [0.25, 0.3) is 0 Å². The van der Waals surface area contributed by atoms with Gasteiger partial charge in [-0.3, -0.25) is 9.78 Å². The third-order valence-corrected chi connectivity index (χ3v) is 4.59. The summed E-state index contributed by atoms with van der Waals surface area (Å²) in [5.41, 5.74) is 5.30. The molecule has 0 atom stereocenters. The fourth-order valence-corrected chi connectivity index (χ4v) is 3.01. The lowest BCUT2D eigenvalue weighted by Gasteiger charge is -2.29. The molecule has 1 amide bonds. The SMILES string of the molecule is COC(=O)c1cncc2c1CCN(C(=O)c1ccc(C)c(C)c1)C2. The number of pyridine rings is 1. The van der Waals surface area contributed by atoms with Gasteiger partial charge < -0.3 is 9.64 Å². The fourth-order valence-electron chi connectivity index (χ4n) is 3.01. The van der Waals surface area contributed by atoms with Crippen LogP contribution in [0.3, 0.4) is 0 Å². The topological polar surface area (TPSA) is 59.5 Å². The zero-order chi connectivity index (χ0) is 17.3. The van der Waals surface area contributed by atoms with Crippen LogP contribution in [-0.2, 0) is 17.7 Å². The van der Waals surface area contributed by atoms with E-state index in [2.05, 4.69) is 4.98 Å². The molecule has 1 aliphatic heterocycles. The lowest BCUT2D eigenvalue weighted by atomic mass is 9.96. The Hall–Kier alpha value is -2.69. The van der Waals surface area contributed by atoms with E-state index < -0.39 is 0 Å². The van der Waals surface area contributed by atoms with Crippen molar-refractivity contribution in [1.82, 2.24) is 9.88 Å². The summed E-state index contributed by atoms with van der Waals surface area (Å²) in [5.74, 6) is -0.375. The van der Waals surface area contributed by atoms with E-state index in [4.69, 9.17) is 4.74 Å². The highest BCUT2D eigenvalue weighted by atomic mass is 16.5. The Bertz CT molecular complexity index is 814. The van der Waals surface area contributed by atoms with Crippen molar-refractivity contribution in [2.75, 3.05) is 13.7 Å². The predicted octanol–water partition coefficient (Wildman–Crippen LogP) is 2.68. The molecule has 5 heteroatoms. The van der Waals surface area contributed by atoms with Crippen molar-refractivity contribution in [2.24, 2.45) is 0 Å². The van der Waals surface area contributed by atoms with Gasteiger partial charge in [0.25, 0.3) is 5.91 Å². The van der Waals surface area contributed by atoms with Gasteiger partial charge >= 0.3 is 5.97 Å². The first-order chi connectivity index (χ1) is 11.5. The molecule has 0 unspecified atom stereocenters. The Kier molecular flexibility index (Phi) is 4.34. The standard InChI is InChI=1S/C19H20N2O3/c1-12-4-5-14(8-13(12)2)18(22)21-7-6-16-15(11-21)9-20-10-17(16)19(23)24-3/h4-5,8-10H,6-7,11H2,1-3H3. The number of carbonyl (C=O) groups excluding carboxylic acids is 2. The van der Waals surface area contributed by atoms with Gasteiger partial charge in [-0.1, -0.05) is 6.07 Å². The smallest absolute Gasteiger partial charge is 0.339 e. The first-order valence-electron chi connectivity index (χ1n) is 7.92.